The number of carbonyl (C=O) groups excluding carboxylic acids is 2. The predicted molar refractivity (Wildman–Crippen MR) is 63.1 cm³/mol. The summed E-state index contributed by atoms with van der Waals surface area (Å²) in [7, 11) is 0. The molecule has 0 saturated carbocycles. The van der Waals surface area contributed by atoms with Gasteiger partial charge in [0.25, 0.3) is 0 Å². The number of carbonyl (C=O) groups is 2. The van der Waals surface area contributed by atoms with E-state index in [1.54, 1.807) is 6.92 Å². The Bertz CT molecular complexity index is 266. The Morgan fingerprint density at radius 3 is 2.17 bits per heavy atom. The zero-order valence-electron chi connectivity index (χ0n) is 12.2. The third-order valence-electron chi connectivity index (χ3n) is 2.87. The van der Waals surface area contributed by atoms with Crippen LogP contribution in [0, 0.1) is 11.3 Å². The second kappa shape index (κ2) is 10.4. The first-order valence-electron chi connectivity index (χ1n) is 6.29. The minimum Gasteiger partial charge on any atom is -0.549 e. The van der Waals surface area contributed by atoms with E-state index in [4.69, 9.17) is 4.74 Å². The summed E-state index contributed by atoms with van der Waals surface area (Å²) in [6.45, 7) is 7.70. The Balaban J connectivity index is 0. The molecule has 0 aromatic rings. The third kappa shape index (κ3) is 6.15. The molecular formula is C13H23KO4. The van der Waals surface area contributed by atoms with Gasteiger partial charge in [-0.3, -0.25) is 4.79 Å². The van der Waals surface area contributed by atoms with Crippen molar-refractivity contribution in [2.75, 3.05) is 6.61 Å². The molecule has 1 unspecified atom stereocenters. The van der Waals surface area contributed by atoms with Crippen molar-refractivity contribution in [1.29, 1.82) is 0 Å². The van der Waals surface area contributed by atoms with Gasteiger partial charge in [-0.15, -0.1) is 0 Å². The van der Waals surface area contributed by atoms with Crippen molar-refractivity contribution in [3.63, 3.8) is 0 Å². The molecule has 0 heterocycles. The van der Waals surface area contributed by atoms with Gasteiger partial charge in [0.2, 0.25) is 0 Å². The van der Waals surface area contributed by atoms with Crippen LogP contribution in [0.2, 0.25) is 0 Å². The minimum atomic E-state index is -1.48. The van der Waals surface area contributed by atoms with Gasteiger partial charge in [-0.05, 0) is 25.2 Å². The number of hydrogen-bond donors (Lipinski definition) is 0. The number of rotatable bonds is 8. The summed E-state index contributed by atoms with van der Waals surface area (Å²) in [6, 6.07) is 0. The van der Waals surface area contributed by atoms with Crippen LogP contribution in [0.25, 0.3) is 0 Å². The van der Waals surface area contributed by atoms with Gasteiger partial charge >= 0.3 is 57.4 Å². The van der Waals surface area contributed by atoms with E-state index in [9.17, 15) is 14.7 Å². The maximum Gasteiger partial charge on any atom is 1.00 e. The molecule has 0 bridgehead atoms. The van der Waals surface area contributed by atoms with Crippen LogP contribution >= 0.6 is 0 Å². The number of unbranched alkanes of at least 4 members (excludes halogenated alkanes) is 1. The summed E-state index contributed by atoms with van der Waals surface area (Å²) >= 11 is 0. The summed E-state index contributed by atoms with van der Waals surface area (Å²) in [4.78, 5) is 23.2. The van der Waals surface area contributed by atoms with E-state index in [1.807, 2.05) is 20.8 Å². The molecule has 0 amide bonds. The first-order valence-corrected chi connectivity index (χ1v) is 6.29. The second-order valence-corrected chi connectivity index (χ2v) is 4.81. The largest absolute Gasteiger partial charge is 1.00 e. The van der Waals surface area contributed by atoms with E-state index >= 15 is 0 Å². The summed E-state index contributed by atoms with van der Waals surface area (Å²) in [5, 5.41) is 11.3. The zero-order valence-corrected chi connectivity index (χ0v) is 15.4. The van der Waals surface area contributed by atoms with Gasteiger partial charge in [-0.2, -0.15) is 0 Å². The van der Waals surface area contributed by atoms with Crippen LogP contribution in [0.5, 0.6) is 0 Å². The molecule has 4 nitrogen and oxygen atoms in total. The fourth-order valence-electron chi connectivity index (χ4n) is 1.83. The Morgan fingerprint density at radius 2 is 1.83 bits per heavy atom. The van der Waals surface area contributed by atoms with Crippen molar-refractivity contribution >= 4 is 11.9 Å². The van der Waals surface area contributed by atoms with Gasteiger partial charge in [0.1, 0.15) is 5.41 Å². The quantitative estimate of drug-likeness (QED) is 0.236. The molecule has 0 aromatic carbocycles. The first kappa shape index (κ1) is 20.9. The van der Waals surface area contributed by atoms with Crippen molar-refractivity contribution in [3.8, 4) is 0 Å². The van der Waals surface area contributed by atoms with Crippen LogP contribution in [0.3, 0.4) is 0 Å². The minimum absolute atomic E-state index is 0. The van der Waals surface area contributed by atoms with Crippen molar-refractivity contribution in [3.05, 3.63) is 0 Å². The molecule has 0 aliphatic carbocycles. The molecule has 1 atom stereocenters. The van der Waals surface area contributed by atoms with E-state index < -0.39 is 17.4 Å². The number of ether oxygens (including phenoxy) is 1. The summed E-state index contributed by atoms with van der Waals surface area (Å²) in [6.07, 6.45) is 2.12. The number of hydrogen-bond acceptors (Lipinski definition) is 4. The Labute approximate surface area is 152 Å². The third-order valence-corrected chi connectivity index (χ3v) is 2.87. The molecule has 5 heteroatoms. The fourth-order valence-corrected chi connectivity index (χ4v) is 1.83. The molecule has 100 valence electrons. The van der Waals surface area contributed by atoms with Crippen molar-refractivity contribution in [2.24, 2.45) is 11.3 Å². The number of carboxylic acids is 1. The zero-order chi connectivity index (χ0) is 13.5. The van der Waals surface area contributed by atoms with Gasteiger partial charge in [-0.1, -0.05) is 34.1 Å². The van der Waals surface area contributed by atoms with Gasteiger partial charge in [0.05, 0.1) is 12.6 Å². The smallest absolute Gasteiger partial charge is 0.549 e. The van der Waals surface area contributed by atoms with Gasteiger partial charge in [-0.25, -0.2) is 0 Å². The Kier molecular flexibility index (Phi) is 12.0. The molecular weight excluding hydrogens is 259 g/mol. The normalized spacial score (nSPS) is 13.6. The molecule has 0 aliphatic heterocycles. The van der Waals surface area contributed by atoms with Crippen LogP contribution in [0.15, 0.2) is 0 Å². The predicted octanol–water partition coefficient (Wildman–Crippen LogP) is -1.47. The first-order chi connectivity index (χ1) is 7.90. The summed E-state index contributed by atoms with van der Waals surface area (Å²) in [5.74, 6) is -1.87. The maximum atomic E-state index is 11.9. The van der Waals surface area contributed by atoms with Crippen molar-refractivity contribution < 1.29 is 70.8 Å². The maximum absolute atomic E-state index is 11.9. The van der Waals surface area contributed by atoms with Crippen molar-refractivity contribution in [2.45, 2.75) is 53.4 Å². The molecule has 0 aromatic heterocycles. The van der Waals surface area contributed by atoms with E-state index in [0.717, 1.165) is 12.8 Å². The van der Waals surface area contributed by atoms with Gasteiger partial charge in [0, 0.05) is 0 Å². The Morgan fingerprint density at radius 1 is 1.28 bits per heavy atom. The molecule has 0 rings (SSSR count). The molecule has 0 fully saturated rings. The second-order valence-electron chi connectivity index (χ2n) is 4.81. The molecule has 0 saturated heterocycles. The van der Waals surface area contributed by atoms with E-state index in [0.29, 0.717) is 0 Å². The van der Waals surface area contributed by atoms with Crippen LogP contribution in [-0.2, 0) is 14.3 Å². The van der Waals surface area contributed by atoms with Crippen LogP contribution < -0.4 is 56.5 Å². The topological polar surface area (TPSA) is 66.4 Å². The molecule has 0 spiro atoms. The average molecular weight is 282 g/mol. The van der Waals surface area contributed by atoms with E-state index in [1.165, 1.54) is 0 Å². The van der Waals surface area contributed by atoms with Gasteiger partial charge in [0.15, 0.2) is 0 Å². The molecule has 0 aliphatic rings. The van der Waals surface area contributed by atoms with Crippen LogP contribution in [-0.4, -0.2) is 18.5 Å². The molecule has 18 heavy (non-hydrogen) atoms. The van der Waals surface area contributed by atoms with Gasteiger partial charge < -0.3 is 14.6 Å². The number of carboxylic acid groups (broad SMARTS) is 1. The Hall–Kier alpha value is 0.576. The number of aliphatic carboxylic acids is 1. The van der Waals surface area contributed by atoms with Crippen LogP contribution in [0.1, 0.15) is 53.4 Å². The molecule has 0 N–H and O–H groups in total. The molecule has 0 radical (unpaired) electrons. The van der Waals surface area contributed by atoms with Crippen molar-refractivity contribution in [1.82, 2.24) is 0 Å². The monoisotopic (exact) mass is 282 g/mol. The van der Waals surface area contributed by atoms with E-state index in [2.05, 4.69) is 0 Å². The summed E-state index contributed by atoms with van der Waals surface area (Å²) in [5.41, 5.74) is -1.48. The average Bonchev–Trinajstić information content (AvgIpc) is 2.25. The number of esters is 1. The van der Waals surface area contributed by atoms with Crippen LogP contribution in [0.4, 0.5) is 0 Å². The fraction of sp³-hybridized carbons (Fsp3) is 0.846. The SMILES string of the molecule is CCCCOC(=O)C(CC)(CC(C)C)C(=O)[O-].[K+]. The standard InChI is InChI=1S/C13H24O4.K/c1-5-7-8-17-12(16)13(6-2,11(14)15)9-10(3)4;/h10H,5-9H2,1-4H3,(H,14,15);/q;+1/p-1. The summed E-state index contributed by atoms with van der Waals surface area (Å²) < 4.78 is 5.04. The van der Waals surface area contributed by atoms with E-state index in [-0.39, 0.29) is 76.8 Å².